The average molecular weight is 286 g/mol. The maximum atomic E-state index is 8.69. The van der Waals surface area contributed by atoms with Crippen molar-refractivity contribution >= 4 is 0 Å². The molecule has 1 aromatic carbocycles. The Morgan fingerprint density at radius 2 is 1.67 bits per heavy atom. The Bertz CT molecular complexity index is 476. The second-order valence-electron chi connectivity index (χ2n) is 6.13. The van der Waals surface area contributed by atoms with E-state index in [4.69, 9.17) is 5.11 Å². The van der Waals surface area contributed by atoms with Crippen LogP contribution < -0.4 is 0 Å². The minimum atomic E-state index is -0.0809. The van der Waals surface area contributed by atoms with Gasteiger partial charge in [-0.3, -0.25) is 4.90 Å². The highest BCUT2D eigenvalue weighted by molar-refractivity contribution is 5.36. The molecule has 1 saturated heterocycles. The molecule has 1 aromatic rings. The van der Waals surface area contributed by atoms with Crippen molar-refractivity contribution in [3.8, 4) is 11.8 Å². The Labute approximate surface area is 128 Å². The SMILES string of the molecule is CC(C)CN1CCN(Cc2ccc(C#CCO)cc2)CC1. The number of aliphatic hydroxyl groups is 1. The predicted molar refractivity (Wildman–Crippen MR) is 87.0 cm³/mol. The van der Waals surface area contributed by atoms with E-state index >= 15 is 0 Å². The van der Waals surface area contributed by atoms with E-state index in [0.717, 1.165) is 31.1 Å². The summed E-state index contributed by atoms with van der Waals surface area (Å²) in [6.45, 7) is 11.4. The Hall–Kier alpha value is -1.34. The highest BCUT2D eigenvalue weighted by atomic mass is 16.2. The summed E-state index contributed by atoms with van der Waals surface area (Å²) >= 11 is 0. The van der Waals surface area contributed by atoms with Crippen LogP contribution in [-0.2, 0) is 6.54 Å². The van der Waals surface area contributed by atoms with Gasteiger partial charge in [0.2, 0.25) is 0 Å². The molecule has 0 saturated carbocycles. The lowest BCUT2D eigenvalue weighted by atomic mass is 10.1. The first-order chi connectivity index (χ1) is 10.2. The van der Waals surface area contributed by atoms with E-state index in [9.17, 15) is 0 Å². The third-order valence-corrected chi connectivity index (χ3v) is 3.76. The third-order valence-electron chi connectivity index (χ3n) is 3.76. The quantitative estimate of drug-likeness (QED) is 0.855. The number of hydrogen-bond donors (Lipinski definition) is 1. The summed E-state index contributed by atoms with van der Waals surface area (Å²) in [6.07, 6.45) is 0. The first kappa shape index (κ1) is 16.0. The van der Waals surface area contributed by atoms with Crippen LogP contribution in [0.15, 0.2) is 24.3 Å². The molecule has 3 nitrogen and oxygen atoms in total. The summed E-state index contributed by atoms with van der Waals surface area (Å²) < 4.78 is 0. The predicted octanol–water partition coefficient (Wildman–Crippen LogP) is 1.80. The molecule has 0 amide bonds. The van der Waals surface area contributed by atoms with E-state index < -0.39 is 0 Å². The zero-order valence-corrected chi connectivity index (χ0v) is 13.2. The fourth-order valence-electron chi connectivity index (χ4n) is 2.74. The Kier molecular flexibility index (Phi) is 6.25. The van der Waals surface area contributed by atoms with Crippen LogP contribution in [0.1, 0.15) is 25.0 Å². The van der Waals surface area contributed by atoms with Gasteiger partial charge in [0, 0.05) is 44.8 Å². The van der Waals surface area contributed by atoms with Crippen molar-refractivity contribution in [1.82, 2.24) is 9.80 Å². The van der Waals surface area contributed by atoms with Gasteiger partial charge >= 0.3 is 0 Å². The number of aliphatic hydroxyl groups excluding tert-OH is 1. The molecule has 0 radical (unpaired) electrons. The van der Waals surface area contributed by atoms with Crippen molar-refractivity contribution in [2.24, 2.45) is 5.92 Å². The number of rotatable bonds is 4. The van der Waals surface area contributed by atoms with Crippen LogP contribution in [0.3, 0.4) is 0 Å². The smallest absolute Gasteiger partial charge is 0.104 e. The minimum Gasteiger partial charge on any atom is -0.384 e. The van der Waals surface area contributed by atoms with Gasteiger partial charge in [0.05, 0.1) is 0 Å². The lowest BCUT2D eigenvalue weighted by molar-refractivity contribution is 0.117. The summed E-state index contributed by atoms with van der Waals surface area (Å²) in [4.78, 5) is 5.08. The van der Waals surface area contributed by atoms with Gasteiger partial charge in [-0.25, -0.2) is 0 Å². The van der Waals surface area contributed by atoms with Gasteiger partial charge in [0.25, 0.3) is 0 Å². The molecule has 1 aliphatic heterocycles. The first-order valence-electron chi connectivity index (χ1n) is 7.81. The topological polar surface area (TPSA) is 26.7 Å². The molecule has 21 heavy (non-hydrogen) atoms. The van der Waals surface area contributed by atoms with Gasteiger partial charge in [-0.2, -0.15) is 0 Å². The van der Waals surface area contributed by atoms with Gasteiger partial charge in [-0.1, -0.05) is 37.8 Å². The lowest BCUT2D eigenvalue weighted by Crippen LogP contribution is -2.46. The molecular formula is C18H26N2O. The molecule has 0 aromatic heterocycles. The highest BCUT2D eigenvalue weighted by Crippen LogP contribution is 2.11. The van der Waals surface area contributed by atoms with Gasteiger partial charge < -0.3 is 10.0 Å². The van der Waals surface area contributed by atoms with Gasteiger partial charge in [-0.15, -0.1) is 0 Å². The molecule has 1 fully saturated rings. The van der Waals surface area contributed by atoms with E-state index in [1.165, 1.54) is 25.2 Å². The summed E-state index contributed by atoms with van der Waals surface area (Å²) in [5, 5.41) is 8.69. The molecule has 0 spiro atoms. The van der Waals surface area contributed by atoms with E-state index in [1.54, 1.807) is 0 Å². The highest BCUT2D eigenvalue weighted by Gasteiger charge is 2.17. The van der Waals surface area contributed by atoms with Crippen LogP contribution in [0.4, 0.5) is 0 Å². The van der Waals surface area contributed by atoms with Crippen molar-refractivity contribution in [3.05, 3.63) is 35.4 Å². The third kappa shape index (κ3) is 5.51. The number of piperazine rings is 1. The Morgan fingerprint density at radius 3 is 2.24 bits per heavy atom. The standard InChI is InChI=1S/C18H26N2O/c1-16(2)14-19-9-11-20(12-10-19)15-18-7-5-17(6-8-18)4-3-13-21/h5-8,16,21H,9-15H2,1-2H3. The van der Waals surface area contributed by atoms with Crippen molar-refractivity contribution in [1.29, 1.82) is 0 Å². The zero-order valence-electron chi connectivity index (χ0n) is 13.2. The summed E-state index contributed by atoms with van der Waals surface area (Å²) in [6, 6.07) is 8.35. The molecular weight excluding hydrogens is 260 g/mol. The van der Waals surface area contributed by atoms with E-state index in [2.05, 4.69) is 47.6 Å². The molecule has 0 aliphatic carbocycles. The zero-order chi connectivity index (χ0) is 15.1. The second kappa shape index (κ2) is 8.19. The molecule has 1 heterocycles. The molecule has 3 heteroatoms. The maximum absolute atomic E-state index is 8.69. The van der Waals surface area contributed by atoms with Crippen LogP contribution in [0.25, 0.3) is 0 Å². The van der Waals surface area contributed by atoms with Crippen molar-refractivity contribution in [3.63, 3.8) is 0 Å². The van der Waals surface area contributed by atoms with Crippen molar-refractivity contribution < 1.29 is 5.11 Å². The van der Waals surface area contributed by atoms with Crippen LogP contribution in [0.5, 0.6) is 0 Å². The van der Waals surface area contributed by atoms with Crippen LogP contribution in [0, 0.1) is 17.8 Å². The molecule has 0 bridgehead atoms. The van der Waals surface area contributed by atoms with E-state index in [-0.39, 0.29) is 6.61 Å². The number of benzene rings is 1. The molecule has 114 valence electrons. The average Bonchev–Trinajstić information content (AvgIpc) is 2.48. The molecule has 1 aliphatic rings. The number of hydrogen-bond acceptors (Lipinski definition) is 3. The van der Waals surface area contributed by atoms with Gasteiger partial charge in [-0.05, 0) is 23.6 Å². The van der Waals surface area contributed by atoms with E-state index in [0.29, 0.717) is 0 Å². The fourth-order valence-corrected chi connectivity index (χ4v) is 2.74. The lowest BCUT2D eigenvalue weighted by Gasteiger charge is -2.35. The minimum absolute atomic E-state index is 0.0809. The second-order valence-corrected chi connectivity index (χ2v) is 6.13. The summed E-state index contributed by atoms with van der Waals surface area (Å²) in [5.74, 6) is 6.36. The monoisotopic (exact) mass is 286 g/mol. The van der Waals surface area contributed by atoms with Gasteiger partial charge in [0.15, 0.2) is 0 Å². The fraction of sp³-hybridized carbons (Fsp3) is 0.556. The Balaban J connectivity index is 1.80. The Morgan fingerprint density at radius 1 is 1.05 bits per heavy atom. The molecule has 2 rings (SSSR count). The van der Waals surface area contributed by atoms with Crippen LogP contribution in [0.2, 0.25) is 0 Å². The normalized spacial score (nSPS) is 16.8. The van der Waals surface area contributed by atoms with Crippen LogP contribution in [-0.4, -0.2) is 54.2 Å². The van der Waals surface area contributed by atoms with E-state index in [1.807, 2.05) is 12.1 Å². The first-order valence-corrected chi connectivity index (χ1v) is 7.81. The molecule has 0 atom stereocenters. The summed E-state index contributed by atoms with van der Waals surface area (Å²) in [7, 11) is 0. The van der Waals surface area contributed by atoms with Crippen LogP contribution >= 0.6 is 0 Å². The largest absolute Gasteiger partial charge is 0.384 e. The van der Waals surface area contributed by atoms with Gasteiger partial charge in [0.1, 0.15) is 6.61 Å². The summed E-state index contributed by atoms with van der Waals surface area (Å²) in [5.41, 5.74) is 2.30. The maximum Gasteiger partial charge on any atom is 0.104 e. The van der Waals surface area contributed by atoms with Crippen molar-refractivity contribution in [2.75, 3.05) is 39.3 Å². The molecule has 0 unspecified atom stereocenters. The van der Waals surface area contributed by atoms with Crippen molar-refractivity contribution in [2.45, 2.75) is 20.4 Å². The number of nitrogens with zero attached hydrogens (tertiary/aromatic N) is 2. The molecule has 1 N–H and O–H groups in total.